The molecule has 1 aliphatic carbocycles. The first-order valence-electron chi connectivity index (χ1n) is 7.35. The van der Waals surface area contributed by atoms with E-state index in [0.29, 0.717) is 12.5 Å². The van der Waals surface area contributed by atoms with Gasteiger partial charge in [0.15, 0.2) is 9.84 Å². The number of hydrogen-bond donors (Lipinski definition) is 1. The van der Waals surface area contributed by atoms with Gasteiger partial charge in [0.2, 0.25) is 0 Å². The molecule has 2 saturated heterocycles. The van der Waals surface area contributed by atoms with Crippen molar-refractivity contribution in [2.24, 2.45) is 5.92 Å². The largest absolute Gasteiger partial charge is 0.480 e. The molecule has 3 fully saturated rings. The lowest BCUT2D eigenvalue weighted by Gasteiger charge is -2.45. The van der Waals surface area contributed by atoms with Crippen LogP contribution in [0.4, 0.5) is 0 Å². The number of sulfone groups is 1. The fourth-order valence-corrected chi connectivity index (χ4v) is 5.74. The highest BCUT2D eigenvalue weighted by Crippen LogP contribution is 2.32. The standard InChI is InChI=1S/C13H22N2O4S/c16-13(17)7-15-5-4-14(6-10-2-1-3-10)11-8-20(18,19)9-12(11)15/h10-12H,1-9H2,(H,16,17)/t11-,12+/m0/s1. The van der Waals surface area contributed by atoms with E-state index in [-0.39, 0.29) is 30.1 Å². The average molecular weight is 302 g/mol. The van der Waals surface area contributed by atoms with Crippen LogP contribution in [0.5, 0.6) is 0 Å². The summed E-state index contributed by atoms with van der Waals surface area (Å²) < 4.78 is 23.9. The average Bonchev–Trinajstić information content (AvgIpc) is 2.61. The normalized spacial score (nSPS) is 34.6. The van der Waals surface area contributed by atoms with Crippen molar-refractivity contribution < 1.29 is 18.3 Å². The number of piperazine rings is 1. The smallest absolute Gasteiger partial charge is 0.317 e. The molecule has 2 heterocycles. The number of hydrogen-bond acceptors (Lipinski definition) is 5. The van der Waals surface area contributed by atoms with Crippen molar-refractivity contribution in [3.8, 4) is 0 Å². The van der Waals surface area contributed by atoms with Gasteiger partial charge in [-0.05, 0) is 18.8 Å². The van der Waals surface area contributed by atoms with Crippen LogP contribution in [0.15, 0.2) is 0 Å². The van der Waals surface area contributed by atoms with Crippen LogP contribution in [0.3, 0.4) is 0 Å². The molecule has 2 atom stereocenters. The highest BCUT2D eigenvalue weighted by molar-refractivity contribution is 7.91. The Hall–Kier alpha value is -0.660. The number of nitrogens with zero attached hydrogens (tertiary/aromatic N) is 2. The van der Waals surface area contributed by atoms with E-state index in [1.807, 2.05) is 4.90 Å². The molecule has 0 bridgehead atoms. The van der Waals surface area contributed by atoms with E-state index in [0.717, 1.165) is 13.1 Å². The summed E-state index contributed by atoms with van der Waals surface area (Å²) in [5, 5.41) is 8.97. The Balaban J connectivity index is 1.73. The van der Waals surface area contributed by atoms with Crippen LogP contribution in [-0.2, 0) is 14.6 Å². The maximum Gasteiger partial charge on any atom is 0.317 e. The molecule has 0 amide bonds. The van der Waals surface area contributed by atoms with E-state index in [2.05, 4.69) is 4.90 Å². The number of carbonyl (C=O) groups is 1. The summed E-state index contributed by atoms with van der Waals surface area (Å²) in [6.45, 7) is 2.39. The molecule has 0 spiro atoms. The van der Waals surface area contributed by atoms with Crippen LogP contribution in [0.1, 0.15) is 19.3 Å². The summed E-state index contributed by atoms with van der Waals surface area (Å²) in [7, 11) is -3.03. The molecule has 0 aromatic heterocycles. The number of fused-ring (bicyclic) bond motifs is 1. The van der Waals surface area contributed by atoms with E-state index >= 15 is 0 Å². The Morgan fingerprint density at radius 2 is 1.70 bits per heavy atom. The number of aliphatic carboxylic acids is 1. The second kappa shape index (κ2) is 5.27. The van der Waals surface area contributed by atoms with Gasteiger partial charge in [-0.1, -0.05) is 6.42 Å². The minimum Gasteiger partial charge on any atom is -0.480 e. The van der Waals surface area contributed by atoms with Gasteiger partial charge in [-0.2, -0.15) is 0 Å². The lowest BCUT2D eigenvalue weighted by molar-refractivity contribution is -0.140. The van der Waals surface area contributed by atoms with Gasteiger partial charge in [-0.15, -0.1) is 0 Å². The van der Waals surface area contributed by atoms with E-state index in [9.17, 15) is 13.2 Å². The first-order valence-corrected chi connectivity index (χ1v) is 9.17. The third kappa shape index (κ3) is 2.84. The summed E-state index contributed by atoms with van der Waals surface area (Å²) in [4.78, 5) is 15.1. The molecule has 7 heteroatoms. The molecule has 1 N–H and O–H groups in total. The van der Waals surface area contributed by atoms with Gasteiger partial charge in [0, 0.05) is 31.7 Å². The molecule has 114 valence electrons. The fourth-order valence-electron chi connectivity index (χ4n) is 3.70. The van der Waals surface area contributed by atoms with Crippen LogP contribution in [-0.4, -0.2) is 79.1 Å². The third-order valence-electron chi connectivity index (χ3n) is 4.96. The SMILES string of the molecule is O=C(O)CN1CCN(CC2CCC2)[C@H]2CS(=O)(=O)C[C@H]21. The zero-order chi connectivity index (χ0) is 14.3. The fraction of sp³-hybridized carbons (Fsp3) is 0.923. The topological polar surface area (TPSA) is 77.9 Å². The maximum absolute atomic E-state index is 11.9. The molecule has 6 nitrogen and oxygen atoms in total. The van der Waals surface area contributed by atoms with Crippen LogP contribution < -0.4 is 0 Å². The van der Waals surface area contributed by atoms with E-state index in [4.69, 9.17) is 5.11 Å². The monoisotopic (exact) mass is 302 g/mol. The molecule has 0 radical (unpaired) electrons. The lowest BCUT2D eigenvalue weighted by atomic mass is 9.84. The van der Waals surface area contributed by atoms with Crippen molar-refractivity contribution in [3.63, 3.8) is 0 Å². The molecule has 3 aliphatic rings. The van der Waals surface area contributed by atoms with Crippen molar-refractivity contribution in [3.05, 3.63) is 0 Å². The minimum absolute atomic E-state index is 0.00583. The Kier molecular flexibility index (Phi) is 3.77. The van der Waals surface area contributed by atoms with Crippen molar-refractivity contribution in [2.45, 2.75) is 31.3 Å². The summed E-state index contributed by atoms with van der Waals surface area (Å²) in [5.74, 6) is 0.151. The summed E-state index contributed by atoms with van der Waals surface area (Å²) in [5.41, 5.74) is 0. The highest BCUT2D eigenvalue weighted by Gasteiger charge is 2.47. The first-order chi connectivity index (χ1) is 9.44. The zero-order valence-electron chi connectivity index (χ0n) is 11.6. The van der Waals surface area contributed by atoms with E-state index in [1.54, 1.807) is 0 Å². The van der Waals surface area contributed by atoms with Gasteiger partial charge in [0.05, 0.1) is 18.1 Å². The third-order valence-corrected chi connectivity index (χ3v) is 6.66. The predicted octanol–water partition coefficient (Wildman–Crippen LogP) is -0.346. The van der Waals surface area contributed by atoms with Crippen molar-refractivity contribution >= 4 is 15.8 Å². The Morgan fingerprint density at radius 1 is 1.10 bits per heavy atom. The van der Waals surface area contributed by atoms with Gasteiger partial charge in [-0.25, -0.2) is 8.42 Å². The number of carboxylic acid groups (broad SMARTS) is 1. The summed E-state index contributed by atoms with van der Waals surface area (Å²) in [6.07, 6.45) is 3.79. The minimum atomic E-state index is -3.03. The molecular weight excluding hydrogens is 280 g/mol. The van der Waals surface area contributed by atoms with E-state index in [1.165, 1.54) is 19.3 Å². The Bertz CT molecular complexity index is 489. The zero-order valence-corrected chi connectivity index (χ0v) is 12.4. The van der Waals surface area contributed by atoms with Crippen LogP contribution in [0, 0.1) is 5.92 Å². The molecule has 20 heavy (non-hydrogen) atoms. The molecule has 0 aromatic carbocycles. The molecule has 0 aromatic rings. The lowest BCUT2D eigenvalue weighted by Crippen LogP contribution is -2.60. The van der Waals surface area contributed by atoms with Gasteiger partial charge >= 0.3 is 5.97 Å². The van der Waals surface area contributed by atoms with Crippen molar-refractivity contribution in [2.75, 3.05) is 37.7 Å². The molecule has 3 rings (SSSR count). The molecule has 1 saturated carbocycles. The Labute approximate surface area is 119 Å². The van der Waals surface area contributed by atoms with Crippen LogP contribution in [0.2, 0.25) is 0 Å². The van der Waals surface area contributed by atoms with E-state index < -0.39 is 15.8 Å². The predicted molar refractivity (Wildman–Crippen MR) is 74.4 cm³/mol. The number of carboxylic acids is 1. The number of rotatable bonds is 4. The van der Waals surface area contributed by atoms with Crippen LogP contribution >= 0.6 is 0 Å². The van der Waals surface area contributed by atoms with Crippen molar-refractivity contribution in [1.29, 1.82) is 0 Å². The molecule has 2 aliphatic heterocycles. The van der Waals surface area contributed by atoms with Crippen LogP contribution in [0.25, 0.3) is 0 Å². The van der Waals surface area contributed by atoms with Crippen molar-refractivity contribution in [1.82, 2.24) is 9.80 Å². The van der Waals surface area contributed by atoms with Gasteiger partial charge in [0.1, 0.15) is 0 Å². The first kappa shape index (κ1) is 14.3. The van der Waals surface area contributed by atoms with Gasteiger partial charge < -0.3 is 5.11 Å². The second-order valence-electron chi connectivity index (χ2n) is 6.37. The van der Waals surface area contributed by atoms with Gasteiger partial charge in [0.25, 0.3) is 0 Å². The Morgan fingerprint density at radius 3 is 2.25 bits per heavy atom. The summed E-state index contributed by atoms with van der Waals surface area (Å²) >= 11 is 0. The second-order valence-corrected chi connectivity index (χ2v) is 8.52. The maximum atomic E-state index is 11.9. The quantitative estimate of drug-likeness (QED) is 0.765. The van der Waals surface area contributed by atoms with Gasteiger partial charge in [-0.3, -0.25) is 14.6 Å². The highest BCUT2D eigenvalue weighted by atomic mass is 32.2. The summed E-state index contributed by atoms with van der Waals surface area (Å²) in [6, 6.07) is -0.140. The molecule has 0 unspecified atom stereocenters. The molecular formula is C13H22N2O4S.